The number of Topliss-reactive ketones (excluding diaryl/α,β-unsaturated/α-hetero) is 1. The molecule has 0 aliphatic rings. The van der Waals surface area contributed by atoms with E-state index in [9.17, 15) is 4.79 Å². The van der Waals surface area contributed by atoms with Crippen LogP contribution in [0.4, 0.5) is 0 Å². The highest BCUT2D eigenvalue weighted by molar-refractivity contribution is 7.99. The summed E-state index contributed by atoms with van der Waals surface area (Å²) in [7, 11) is 1.60. The van der Waals surface area contributed by atoms with Crippen LogP contribution in [0.25, 0.3) is 5.69 Å². The molecule has 3 rings (SSSR count). The van der Waals surface area contributed by atoms with Gasteiger partial charge in [0.25, 0.3) is 0 Å². The molecule has 0 amide bonds. The maximum absolute atomic E-state index is 12.4. The van der Waals surface area contributed by atoms with Gasteiger partial charge in [-0.05, 0) is 30.3 Å². The van der Waals surface area contributed by atoms with Crippen molar-refractivity contribution in [3.8, 4) is 11.4 Å². The monoisotopic (exact) mass is 393 g/mol. The summed E-state index contributed by atoms with van der Waals surface area (Å²) in [6, 6.07) is 12.4. The fraction of sp³-hybridized carbons (Fsp3) is 0.118. The first-order valence-electron chi connectivity index (χ1n) is 7.24. The molecule has 0 bridgehead atoms. The van der Waals surface area contributed by atoms with Gasteiger partial charge < -0.3 is 4.74 Å². The second kappa shape index (κ2) is 7.91. The third-order valence-corrected chi connectivity index (χ3v) is 5.12. The number of ketones is 1. The van der Waals surface area contributed by atoms with Crippen LogP contribution in [0.1, 0.15) is 10.4 Å². The molecule has 0 aliphatic carbocycles. The summed E-state index contributed by atoms with van der Waals surface area (Å²) in [5.41, 5.74) is 1.31. The van der Waals surface area contributed by atoms with Gasteiger partial charge in [0, 0.05) is 5.56 Å². The largest absolute Gasteiger partial charge is 0.495 e. The summed E-state index contributed by atoms with van der Waals surface area (Å²) in [4.78, 5) is 12.4. The van der Waals surface area contributed by atoms with E-state index < -0.39 is 0 Å². The minimum Gasteiger partial charge on any atom is -0.495 e. The van der Waals surface area contributed by atoms with Gasteiger partial charge in [0.15, 0.2) is 10.9 Å². The second-order valence-corrected chi connectivity index (χ2v) is 6.75. The summed E-state index contributed by atoms with van der Waals surface area (Å²) >= 11 is 13.1. The Labute approximate surface area is 158 Å². The number of benzene rings is 2. The third kappa shape index (κ3) is 3.98. The normalized spacial score (nSPS) is 10.7. The Bertz CT molecular complexity index is 914. The number of hydrogen-bond acceptors (Lipinski definition) is 5. The number of rotatable bonds is 6. The fourth-order valence-electron chi connectivity index (χ4n) is 2.20. The van der Waals surface area contributed by atoms with Crippen LogP contribution in [-0.2, 0) is 0 Å². The summed E-state index contributed by atoms with van der Waals surface area (Å²) < 4.78 is 7.15. The molecule has 0 N–H and O–H groups in total. The zero-order valence-corrected chi connectivity index (χ0v) is 15.5. The van der Waals surface area contributed by atoms with Crippen molar-refractivity contribution < 1.29 is 9.53 Å². The van der Waals surface area contributed by atoms with Crippen molar-refractivity contribution in [1.82, 2.24) is 14.8 Å². The molecule has 0 radical (unpaired) electrons. The average Bonchev–Trinajstić information content (AvgIpc) is 3.10. The van der Waals surface area contributed by atoms with E-state index in [-0.39, 0.29) is 11.5 Å². The van der Waals surface area contributed by atoms with Crippen LogP contribution in [0.2, 0.25) is 10.0 Å². The minimum atomic E-state index is -0.0712. The molecular formula is C17H13Cl2N3O2S. The number of aromatic nitrogens is 3. The standard InChI is InChI=1S/C17H13Cl2N3O2S/c1-24-16-5-3-2-4-14(16)22-10-20-21-17(22)25-9-15(23)11-6-7-12(18)13(19)8-11/h2-8,10H,9H2,1H3. The molecule has 1 aromatic heterocycles. The number of carbonyl (C=O) groups is 1. The van der Waals surface area contributed by atoms with E-state index in [1.165, 1.54) is 11.8 Å². The SMILES string of the molecule is COc1ccccc1-n1cnnc1SCC(=O)c1ccc(Cl)c(Cl)c1. The Morgan fingerprint density at radius 2 is 2.00 bits per heavy atom. The zero-order chi connectivity index (χ0) is 17.8. The maximum atomic E-state index is 12.4. The number of halogens is 2. The maximum Gasteiger partial charge on any atom is 0.196 e. The minimum absolute atomic E-state index is 0.0712. The van der Waals surface area contributed by atoms with Gasteiger partial charge in [-0.2, -0.15) is 0 Å². The highest BCUT2D eigenvalue weighted by Gasteiger charge is 2.14. The van der Waals surface area contributed by atoms with Crippen LogP contribution in [0.15, 0.2) is 53.9 Å². The number of hydrogen-bond donors (Lipinski definition) is 0. The molecule has 0 saturated carbocycles. The number of thioether (sulfide) groups is 1. The molecule has 8 heteroatoms. The first-order chi connectivity index (χ1) is 12.1. The number of para-hydroxylation sites is 2. The lowest BCUT2D eigenvalue weighted by atomic mass is 10.1. The molecule has 25 heavy (non-hydrogen) atoms. The number of nitrogens with zero attached hydrogens (tertiary/aromatic N) is 3. The molecule has 0 unspecified atom stereocenters. The van der Waals surface area contributed by atoms with Crippen molar-refractivity contribution in [2.75, 3.05) is 12.9 Å². The van der Waals surface area contributed by atoms with Crippen molar-refractivity contribution in [2.45, 2.75) is 5.16 Å². The molecule has 0 aliphatic heterocycles. The quantitative estimate of drug-likeness (QED) is 0.453. The van der Waals surface area contributed by atoms with E-state index in [2.05, 4.69) is 10.2 Å². The lowest BCUT2D eigenvalue weighted by molar-refractivity contribution is 0.102. The Balaban J connectivity index is 1.77. The van der Waals surface area contributed by atoms with Crippen molar-refractivity contribution in [3.05, 3.63) is 64.4 Å². The fourth-order valence-corrected chi connectivity index (χ4v) is 3.31. The molecule has 0 spiro atoms. The lowest BCUT2D eigenvalue weighted by Crippen LogP contribution is -2.04. The third-order valence-electron chi connectivity index (χ3n) is 3.44. The van der Waals surface area contributed by atoms with Gasteiger partial charge in [-0.15, -0.1) is 10.2 Å². The van der Waals surface area contributed by atoms with Gasteiger partial charge in [-0.25, -0.2) is 0 Å². The summed E-state index contributed by atoms with van der Waals surface area (Å²) in [6.07, 6.45) is 1.59. The predicted molar refractivity (Wildman–Crippen MR) is 99.4 cm³/mol. The topological polar surface area (TPSA) is 57.0 Å². The lowest BCUT2D eigenvalue weighted by Gasteiger charge is -2.10. The molecular weight excluding hydrogens is 381 g/mol. The van der Waals surface area contributed by atoms with E-state index in [1.54, 1.807) is 36.2 Å². The number of methoxy groups -OCH3 is 1. The van der Waals surface area contributed by atoms with Crippen LogP contribution >= 0.6 is 35.0 Å². The molecule has 3 aromatic rings. The van der Waals surface area contributed by atoms with E-state index in [0.717, 1.165) is 5.69 Å². The predicted octanol–water partition coefficient (Wildman–Crippen LogP) is 4.56. The van der Waals surface area contributed by atoms with E-state index in [0.29, 0.717) is 26.5 Å². The van der Waals surface area contributed by atoms with Crippen molar-refractivity contribution >= 4 is 40.7 Å². The number of carbonyl (C=O) groups excluding carboxylic acids is 1. The van der Waals surface area contributed by atoms with Crippen molar-refractivity contribution in [1.29, 1.82) is 0 Å². The summed E-state index contributed by atoms with van der Waals surface area (Å²) in [6.45, 7) is 0. The first-order valence-corrected chi connectivity index (χ1v) is 8.98. The summed E-state index contributed by atoms with van der Waals surface area (Å²) in [5.74, 6) is 0.823. The van der Waals surface area contributed by atoms with Gasteiger partial charge in [-0.1, -0.05) is 47.1 Å². The van der Waals surface area contributed by atoms with Gasteiger partial charge in [0.2, 0.25) is 0 Å². The molecule has 2 aromatic carbocycles. The first kappa shape index (κ1) is 17.8. The Hall–Kier alpha value is -2.02. The van der Waals surface area contributed by atoms with E-state index in [1.807, 2.05) is 24.3 Å². The molecule has 5 nitrogen and oxygen atoms in total. The van der Waals surface area contributed by atoms with Crippen LogP contribution in [0.5, 0.6) is 5.75 Å². The van der Waals surface area contributed by atoms with E-state index in [4.69, 9.17) is 27.9 Å². The molecule has 128 valence electrons. The zero-order valence-electron chi connectivity index (χ0n) is 13.1. The summed E-state index contributed by atoms with van der Waals surface area (Å²) in [5, 5.41) is 9.39. The Morgan fingerprint density at radius 3 is 2.76 bits per heavy atom. The molecule has 0 fully saturated rings. The van der Waals surface area contributed by atoms with Crippen molar-refractivity contribution in [3.63, 3.8) is 0 Å². The van der Waals surface area contributed by atoms with Gasteiger partial charge >= 0.3 is 0 Å². The van der Waals surface area contributed by atoms with Gasteiger partial charge in [-0.3, -0.25) is 9.36 Å². The molecule has 0 atom stereocenters. The average molecular weight is 394 g/mol. The second-order valence-electron chi connectivity index (χ2n) is 5.00. The highest BCUT2D eigenvalue weighted by Crippen LogP contribution is 2.28. The van der Waals surface area contributed by atoms with Gasteiger partial charge in [0.05, 0.1) is 28.6 Å². The highest BCUT2D eigenvalue weighted by atomic mass is 35.5. The number of ether oxygens (including phenoxy) is 1. The van der Waals surface area contributed by atoms with Crippen LogP contribution in [0, 0.1) is 0 Å². The van der Waals surface area contributed by atoms with Crippen LogP contribution in [-0.4, -0.2) is 33.4 Å². The molecule has 0 saturated heterocycles. The Kier molecular flexibility index (Phi) is 5.63. The van der Waals surface area contributed by atoms with Crippen molar-refractivity contribution in [2.24, 2.45) is 0 Å². The van der Waals surface area contributed by atoms with Crippen LogP contribution < -0.4 is 4.74 Å². The van der Waals surface area contributed by atoms with Gasteiger partial charge in [0.1, 0.15) is 12.1 Å². The van der Waals surface area contributed by atoms with Crippen LogP contribution in [0.3, 0.4) is 0 Å². The molecule has 1 heterocycles. The Morgan fingerprint density at radius 1 is 1.20 bits per heavy atom. The van der Waals surface area contributed by atoms with E-state index >= 15 is 0 Å². The smallest absolute Gasteiger partial charge is 0.196 e.